The van der Waals surface area contributed by atoms with Gasteiger partial charge in [0.15, 0.2) is 10.1 Å². The lowest BCUT2D eigenvalue weighted by atomic mass is 10.0. The molecule has 0 saturated heterocycles. The number of carbonyl (C=O) groups is 1. The predicted molar refractivity (Wildman–Crippen MR) is 84.5 cm³/mol. The number of Topliss-reactive ketones (excluding diaryl/α,β-unsaturated/α-hetero) is 1. The molecular formula is C13H10N4O3S2. The van der Waals surface area contributed by atoms with E-state index in [4.69, 9.17) is 10.7 Å². The van der Waals surface area contributed by atoms with Crippen LogP contribution in [0.5, 0.6) is 0 Å². The van der Waals surface area contributed by atoms with Gasteiger partial charge in [-0.15, -0.1) is 11.3 Å². The largest absolute Gasteiger partial charge is 0.308 e. The molecule has 7 nitrogen and oxygen atoms in total. The molecular weight excluding hydrogens is 324 g/mol. The number of non-ortho nitro benzene ring substituents is 1. The number of aromatic nitrogens is 1. The number of carbonyl (C=O) groups excluding carboxylic acids is 1. The maximum Gasteiger partial charge on any atom is 0.270 e. The van der Waals surface area contributed by atoms with Gasteiger partial charge in [-0.1, -0.05) is 11.8 Å². The van der Waals surface area contributed by atoms with Crippen LogP contribution in [-0.2, 0) is 4.79 Å². The summed E-state index contributed by atoms with van der Waals surface area (Å²) < 4.78 is 1.27. The normalized spacial score (nSPS) is 11.8. The van der Waals surface area contributed by atoms with E-state index in [1.807, 2.05) is 0 Å². The van der Waals surface area contributed by atoms with Gasteiger partial charge in [-0.3, -0.25) is 14.9 Å². The Morgan fingerprint density at radius 3 is 2.95 bits per heavy atom. The lowest BCUT2D eigenvalue weighted by Gasteiger charge is -2.04. The van der Waals surface area contributed by atoms with Gasteiger partial charge in [-0.25, -0.2) is 4.98 Å². The highest BCUT2D eigenvalue weighted by molar-refractivity contribution is 8.01. The maximum absolute atomic E-state index is 11.9. The van der Waals surface area contributed by atoms with Crippen LogP contribution in [0.2, 0.25) is 0 Å². The molecule has 112 valence electrons. The second kappa shape index (κ2) is 6.64. The zero-order valence-electron chi connectivity index (χ0n) is 11.4. The summed E-state index contributed by atoms with van der Waals surface area (Å²) in [4.78, 5) is 26.4. The molecule has 2 aromatic rings. The van der Waals surface area contributed by atoms with E-state index in [0.29, 0.717) is 14.6 Å². The van der Waals surface area contributed by atoms with E-state index >= 15 is 0 Å². The number of nitriles is 1. The molecule has 1 N–H and O–H groups in total. The number of ketones is 1. The van der Waals surface area contributed by atoms with Crippen molar-refractivity contribution in [3.8, 4) is 6.07 Å². The van der Waals surface area contributed by atoms with Crippen LogP contribution in [-0.4, -0.2) is 27.2 Å². The lowest BCUT2D eigenvalue weighted by Crippen LogP contribution is -2.21. The van der Waals surface area contributed by atoms with E-state index in [-0.39, 0.29) is 22.9 Å². The van der Waals surface area contributed by atoms with Crippen molar-refractivity contribution in [3.63, 3.8) is 0 Å². The number of nitrogens with one attached hydrogen (secondary N) is 1. The zero-order valence-corrected chi connectivity index (χ0v) is 13.0. The van der Waals surface area contributed by atoms with Crippen LogP contribution in [0.15, 0.2) is 22.5 Å². The van der Waals surface area contributed by atoms with Gasteiger partial charge in [0, 0.05) is 17.8 Å². The number of benzene rings is 1. The molecule has 1 unspecified atom stereocenters. The molecule has 0 radical (unpaired) electrons. The quantitative estimate of drug-likeness (QED) is 0.375. The first-order chi connectivity index (χ1) is 10.4. The fourth-order valence-corrected chi connectivity index (χ4v) is 3.70. The first-order valence-electron chi connectivity index (χ1n) is 6.07. The van der Waals surface area contributed by atoms with Gasteiger partial charge in [0.25, 0.3) is 5.69 Å². The van der Waals surface area contributed by atoms with Crippen LogP contribution in [0.25, 0.3) is 10.2 Å². The number of thioether (sulfide) groups is 1. The van der Waals surface area contributed by atoms with Gasteiger partial charge in [0.05, 0.1) is 27.0 Å². The molecule has 0 aliphatic carbocycles. The van der Waals surface area contributed by atoms with E-state index < -0.39 is 10.8 Å². The molecule has 1 atom stereocenters. The minimum absolute atomic E-state index is 0.00671. The highest BCUT2D eigenvalue weighted by atomic mass is 32.2. The van der Waals surface area contributed by atoms with Gasteiger partial charge < -0.3 is 5.41 Å². The third kappa shape index (κ3) is 3.47. The molecule has 0 bridgehead atoms. The SMILES string of the molecule is CC(=N)C(C#N)C(=O)CSc1nc2ccc([N+](=O)[O-])cc2s1. The molecule has 0 aliphatic heterocycles. The minimum atomic E-state index is -1.03. The molecule has 0 amide bonds. The summed E-state index contributed by atoms with van der Waals surface area (Å²) >= 11 is 2.43. The number of thiazole rings is 1. The first-order valence-corrected chi connectivity index (χ1v) is 7.87. The zero-order chi connectivity index (χ0) is 16.3. The summed E-state index contributed by atoms with van der Waals surface area (Å²) in [6.07, 6.45) is 0. The Bertz CT molecular complexity index is 809. The van der Waals surface area contributed by atoms with Gasteiger partial charge in [0.2, 0.25) is 0 Å². The van der Waals surface area contributed by atoms with Crippen molar-refractivity contribution in [2.24, 2.45) is 5.92 Å². The Balaban J connectivity index is 2.12. The average Bonchev–Trinajstić information content (AvgIpc) is 2.87. The highest BCUT2D eigenvalue weighted by Gasteiger charge is 2.20. The molecule has 0 aliphatic rings. The van der Waals surface area contributed by atoms with Crippen molar-refractivity contribution in [3.05, 3.63) is 28.3 Å². The van der Waals surface area contributed by atoms with Gasteiger partial charge >= 0.3 is 0 Å². The van der Waals surface area contributed by atoms with Gasteiger partial charge in [0.1, 0.15) is 5.92 Å². The van der Waals surface area contributed by atoms with Crippen LogP contribution < -0.4 is 0 Å². The Morgan fingerprint density at radius 2 is 2.36 bits per heavy atom. The number of nitrogens with zero attached hydrogens (tertiary/aromatic N) is 3. The summed E-state index contributed by atoms with van der Waals surface area (Å²) in [5.41, 5.74) is 0.645. The monoisotopic (exact) mass is 334 g/mol. The van der Waals surface area contributed by atoms with Crippen molar-refractivity contribution in [1.82, 2.24) is 4.98 Å². The Kier molecular flexibility index (Phi) is 4.85. The van der Waals surface area contributed by atoms with Crippen LogP contribution in [0.3, 0.4) is 0 Å². The van der Waals surface area contributed by atoms with Crippen LogP contribution in [0, 0.1) is 32.8 Å². The molecule has 0 spiro atoms. The smallest absolute Gasteiger partial charge is 0.270 e. The van der Waals surface area contributed by atoms with Crippen LogP contribution >= 0.6 is 23.1 Å². The van der Waals surface area contributed by atoms with Crippen molar-refractivity contribution in [2.45, 2.75) is 11.3 Å². The summed E-state index contributed by atoms with van der Waals surface area (Å²) in [5.74, 6) is -1.33. The van der Waals surface area contributed by atoms with Gasteiger partial charge in [-0.2, -0.15) is 5.26 Å². The predicted octanol–water partition coefficient (Wildman–Crippen LogP) is 3.05. The van der Waals surface area contributed by atoms with E-state index in [0.717, 1.165) is 0 Å². The molecule has 2 rings (SSSR count). The number of fused-ring (bicyclic) bond motifs is 1. The summed E-state index contributed by atoms with van der Waals surface area (Å²) in [6.45, 7) is 1.42. The van der Waals surface area contributed by atoms with Crippen molar-refractivity contribution in [2.75, 3.05) is 5.75 Å². The van der Waals surface area contributed by atoms with E-state index in [1.165, 1.54) is 42.2 Å². The Labute approximate surface area is 133 Å². The standard InChI is InChI=1S/C13H10N4O3S2/c1-7(15)9(5-14)11(18)6-21-13-16-10-3-2-8(17(19)20)4-12(10)22-13/h2-4,9,15H,6H2,1H3. The third-order valence-electron chi connectivity index (χ3n) is 2.79. The number of hydrogen-bond donors (Lipinski definition) is 1. The average molecular weight is 334 g/mol. The number of hydrogen-bond acceptors (Lipinski definition) is 8. The number of nitro benzene ring substituents is 1. The van der Waals surface area contributed by atoms with Crippen molar-refractivity contribution >= 4 is 50.5 Å². The highest BCUT2D eigenvalue weighted by Crippen LogP contribution is 2.32. The molecule has 0 fully saturated rings. The number of nitro groups is 1. The molecule has 9 heteroatoms. The fraction of sp³-hybridized carbons (Fsp3) is 0.231. The van der Waals surface area contributed by atoms with Gasteiger partial charge in [-0.05, 0) is 13.0 Å². The Morgan fingerprint density at radius 1 is 1.64 bits per heavy atom. The van der Waals surface area contributed by atoms with Crippen molar-refractivity contribution < 1.29 is 9.72 Å². The summed E-state index contributed by atoms with van der Waals surface area (Å²) in [6, 6.07) is 6.19. The van der Waals surface area contributed by atoms with E-state index in [9.17, 15) is 14.9 Å². The summed E-state index contributed by atoms with van der Waals surface area (Å²) in [5, 5.41) is 27.0. The molecule has 0 saturated carbocycles. The van der Waals surface area contributed by atoms with E-state index in [2.05, 4.69) is 4.98 Å². The van der Waals surface area contributed by atoms with Crippen LogP contribution in [0.4, 0.5) is 5.69 Å². The number of rotatable bonds is 6. The summed E-state index contributed by atoms with van der Waals surface area (Å²) in [7, 11) is 0. The second-order valence-corrected chi connectivity index (χ2v) is 6.64. The molecule has 1 heterocycles. The fourth-order valence-electron chi connectivity index (χ4n) is 1.69. The Hall–Kier alpha value is -2.31. The topological polar surface area (TPSA) is 121 Å². The molecule has 22 heavy (non-hydrogen) atoms. The molecule has 1 aromatic heterocycles. The third-order valence-corrected chi connectivity index (χ3v) is 4.97. The van der Waals surface area contributed by atoms with Crippen molar-refractivity contribution in [1.29, 1.82) is 10.7 Å². The minimum Gasteiger partial charge on any atom is -0.308 e. The second-order valence-electron chi connectivity index (χ2n) is 4.39. The maximum atomic E-state index is 11.9. The van der Waals surface area contributed by atoms with Crippen LogP contribution in [0.1, 0.15) is 6.92 Å². The lowest BCUT2D eigenvalue weighted by molar-refractivity contribution is -0.384. The molecule has 1 aromatic carbocycles. The first kappa shape index (κ1) is 16.1. The van der Waals surface area contributed by atoms with E-state index in [1.54, 1.807) is 12.1 Å².